The van der Waals surface area contributed by atoms with Gasteiger partial charge in [-0.05, 0) is 24.8 Å². The van der Waals surface area contributed by atoms with Gasteiger partial charge in [0.25, 0.3) is 0 Å². The van der Waals surface area contributed by atoms with Crippen LogP contribution in [0.2, 0.25) is 0 Å². The highest BCUT2D eigenvalue weighted by Gasteiger charge is 2.09. The molecule has 3 N–H and O–H groups in total. The number of thiocarbonyl (C=S) groups is 1. The number of anilines is 1. The first-order chi connectivity index (χ1) is 8.20. The van der Waals surface area contributed by atoms with Gasteiger partial charge in [-0.25, -0.2) is 0 Å². The minimum Gasteiger partial charge on any atom is -0.389 e. The molecule has 0 amide bonds. The molecule has 0 unspecified atom stereocenters. The van der Waals surface area contributed by atoms with Crippen LogP contribution in [-0.2, 0) is 4.74 Å². The van der Waals surface area contributed by atoms with Gasteiger partial charge in [-0.2, -0.15) is 0 Å². The molecule has 0 aliphatic rings. The predicted octanol–water partition coefficient (Wildman–Crippen LogP) is 2.49. The van der Waals surface area contributed by atoms with E-state index in [-0.39, 0.29) is 0 Å². The number of thioether (sulfide) groups is 1. The van der Waals surface area contributed by atoms with E-state index in [1.165, 1.54) is 0 Å². The molecule has 94 valence electrons. The van der Waals surface area contributed by atoms with Crippen molar-refractivity contribution in [3.8, 4) is 0 Å². The molecule has 0 aliphatic carbocycles. The van der Waals surface area contributed by atoms with Crippen LogP contribution in [-0.4, -0.2) is 31.5 Å². The molecule has 1 rings (SSSR count). The summed E-state index contributed by atoms with van der Waals surface area (Å²) in [5, 5.41) is 3.34. The summed E-state index contributed by atoms with van der Waals surface area (Å²) in [7, 11) is 1.70. The summed E-state index contributed by atoms with van der Waals surface area (Å²) in [6.07, 6.45) is 2.97. The van der Waals surface area contributed by atoms with Crippen molar-refractivity contribution in [1.82, 2.24) is 0 Å². The molecule has 0 aromatic heterocycles. The lowest BCUT2D eigenvalue weighted by Gasteiger charge is -2.14. The first-order valence-electron chi connectivity index (χ1n) is 5.40. The van der Waals surface area contributed by atoms with Gasteiger partial charge in [0.15, 0.2) is 0 Å². The Morgan fingerprint density at radius 3 is 2.88 bits per heavy atom. The maximum absolute atomic E-state index is 5.77. The van der Waals surface area contributed by atoms with E-state index in [1.807, 2.05) is 24.5 Å². The highest BCUT2D eigenvalue weighted by Crippen LogP contribution is 2.26. The Morgan fingerprint density at radius 2 is 2.29 bits per heavy atom. The van der Waals surface area contributed by atoms with E-state index in [0.29, 0.717) is 4.99 Å². The maximum Gasteiger partial charge on any atom is 0.107 e. The number of methoxy groups -OCH3 is 1. The fraction of sp³-hybridized carbons (Fsp3) is 0.417. The molecule has 0 radical (unpaired) electrons. The fourth-order valence-electron chi connectivity index (χ4n) is 1.54. The average Bonchev–Trinajstić information content (AvgIpc) is 2.33. The highest BCUT2D eigenvalue weighted by atomic mass is 32.2. The van der Waals surface area contributed by atoms with Gasteiger partial charge in [0.1, 0.15) is 4.99 Å². The van der Waals surface area contributed by atoms with Crippen LogP contribution < -0.4 is 11.1 Å². The van der Waals surface area contributed by atoms with Crippen molar-refractivity contribution in [1.29, 1.82) is 0 Å². The molecular weight excluding hydrogens is 252 g/mol. The monoisotopic (exact) mass is 270 g/mol. The Bertz CT molecular complexity index is 383. The molecule has 0 bridgehead atoms. The molecule has 1 aromatic carbocycles. The standard InChI is InChI=1S/C12H18N2OS2/c1-15-8-4-7-14-9-5-3-6-10(17-2)11(9)12(13)16/h3,5-6,14H,4,7-8H2,1-2H3,(H2,13,16). The third-order valence-electron chi connectivity index (χ3n) is 2.33. The van der Waals surface area contributed by atoms with Crippen molar-refractivity contribution < 1.29 is 4.74 Å². The maximum atomic E-state index is 5.77. The highest BCUT2D eigenvalue weighted by molar-refractivity contribution is 7.98. The van der Waals surface area contributed by atoms with E-state index in [0.717, 1.165) is 35.7 Å². The molecule has 0 fully saturated rings. The summed E-state index contributed by atoms with van der Waals surface area (Å²) in [4.78, 5) is 1.54. The number of ether oxygens (including phenoxy) is 1. The molecule has 0 saturated carbocycles. The van der Waals surface area contributed by atoms with Crippen molar-refractivity contribution >= 4 is 34.7 Å². The second-order valence-electron chi connectivity index (χ2n) is 3.52. The predicted molar refractivity (Wildman–Crippen MR) is 79.1 cm³/mol. The van der Waals surface area contributed by atoms with E-state index in [1.54, 1.807) is 18.9 Å². The molecular formula is C12H18N2OS2. The Labute approximate surface area is 112 Å². The second-order valence-corrected chi connectivity index (χ2v) is 4.81. The third kappa shape index (κ3) is 4.18. The molecule has 0 aliphatic heterocycles. The van der Waals surface area contributed by atoms with Crippen LogP contribution in [0, 0.1) is 0 Å². The molecule has 0 heterocycles. The van der Waals surface area contributed by atoms with Gasteiger partial charge in [0.2, 0.25) is 0 Å². The van der Waals surface area contributed by atoms with Gasteiger partial charge >= 0.3 is 0 Å². The van der Waals surface area contributed by atoms with E-state index in [2.05, 4.69) is 5.32 Å². The number of nitrogens with two attached hydrogens (primary N) is 1. The van der Waals surface area contributed by atoms with Crippen LogP contribution in [0.25, 0.3) is 0 Å². The summed E-state index contributed by atoms with van der Waals surface area (Å²) in [6.45, 7) is 1.60. The van der Waals surface area contributed by atoms with Crippen LogP contribution in [0.5, 0.6) is 0 Å². The second kappa shape index (κ2) is 7.53. The van der Waals surface area contributed by atoms with Gasteiger partial charge < -0.3 is 15.8 Å². The first-order valence-corrected chi connectivity index (χ1v) is 7.03. The van der Waals surface area contributed by atoms with Gasteiger partial charge in [-0.3, -0.25) is 0 Å². The Hall–Kier alpha value is -0.780. The summed E-state index contributed by atoms with van der Waals surface area (Å²) < 4.78 is 5.01. The molecule has 0 saturated heterocycles. The van der Waals surface area contributed by atoms with Crippen molar-refractivity contribution in [2.24, 2.45) is 5.73 Å². The van der Waals surface area contributed by atoms with Gasteiger partial charge in [0.05, 0.1) is 0 Å². The van der Waals surface area contributed by atoms with Gasteiger partial charge in [0, 0.05) is 36.4 Å². The van der Waals surface area contributed by atoms with Crippen molar-refractivity contribution in [3.63, 3.8) is 0 Å². The van der Waals surface area contributed by atoms with E-state index in [4.69, 9.17) is 22.7 Å². The molecule has 1 aromatic rings. The Balaban J connectivity index is 2.79. The Morgan fingerprint density at radius 1 is 1.53 bits per heavy atom. The average molecular weight is 270 g/mol. The third-order valence-corrected chi connectivity index (χ3v) is 3.32. The van der Waals surface area contributed by atoms with E-state index in [9.17, 15) is 0 Å². The Kier molecular flexibility index (Phi) is 6.32. The number of hydrogen-bond acceptors (Lipinski definition) is 4. The van der Waals surface area contributed by atoms with Crippen molar-refractivity contribution in [2.45, 2.75) is 11.3 Å². The van der Waals surface area contributed by atoms with E-state index >= 15 is 0 Å². The molecule has 0 atom stereocenters. The molecule has 5 heteroatoms. The number of rotatable bonds is 7. The molecule has 0 spiro atoms. The van der Waals surface area contributed by atoms with Gasteiger partial charge in [-0.15, -0.1) is 11.8 Å². The number of nitrogens with one attached hydrogen (secondary N) is 1. The van der Waals surface area contributed by atoms with Gasteiger partial charge in [-0.1, -0.05) is 18.3 Å². The first kappa shape index (κ1) is 14.3. The summed E-state index contributed by atoms with van der Waals surface area (Å²) in [5.74, 6) is 0. The number of hydrogen-bond donors (Lipinski definition) is 2. The van der Waals surface area contributed by atoms with Crippen molar-refractivity contribution in [3.05, 3.63) is 23.8 Å². The molecule has 17 heavy (non-hydrogen) atoms. The topological polar surface area (TPSA) is 47.3 Å². The summed E-state index contributed by atoms with van der Waals surface area (Å²) in [6, 6.07) is 6.03. The molecule has 3 nitrogen and oxygen atoms in total. The lowest BCUT2D eigenvalue weighted by Crippen LogP contribution is -2.15. The van der Waals surface area contributed by atoms with Crippen LogP contribution in [0.4, 0.5) is 5.69 Å². The minimum absolute atomic E-state index is 0.434. The zero-order chi connectivity index (χ0) is 12.7. The zero-order valence-electron chi connectivity index (χ0n) is 10.2. The van der Waals surface area contributed by atoms with Crippen LogP contribution in [0.15, 0.2) is 23.1 Å². The van der Waals surface area contributed by atoms with Crippen molar-refractivity contribution in [2.75, 3.05) is 31.8 Å². The normalized spacial score (nSPS) is 10.2. The zero-order valence-corrected chi connectivity index (χ0v) is 11.8. The smallest absolute Gasteiger partial charge is 0.107 e. The lowest BCUT2D eigenvalue weighted by molar-refractivity contribution is 0.198. The van der Waals surface area contributed by atoms with E-state index < -0.39 is 0 Å². The quantitative estimate of drug-likeness (QED) is 0.453. The van der Waals surface area contributed by atoms with Crippen LogP contribution in [0.3, 0.4) is 0 Å². The summed E-state index contributed by atoms with van der Waals surface area (Å²) in [5.41, 5.74) is 7.71. The van der Waals surface area contributed by atoms with Crippen LogP contribution >= 0.6 is 24.0 Å². The largest absolute Gasteiger partial charge is 0.389 e. The lowest BCUT2D eigenvalue weighted by atomic mass is 10.1. The SMILES string of the molecule is COCCCNc1cccc(SC)c1C(N)=S. The summed E-state index contributed by atoms with van der Waals surface area (Å²) >= 11 is 6.75. The van der Waals surface area contributed by atoms with Crippen LogP contribution in [0.1, 0.15) is 12.0 Å². The number of benzene rings is 1. The fourth-order valence-corrected chi connectivity index (χ4v) is 2.47. The minimum atomic E-state index is 0.434.